The Kier molecular flexibility index (Phi) is 3.53. The van der Waals surface area contributed by atoms with Crippen molar-refractivity contribution in [1.82, 2.24) is 0 Å². The van der Waals surface area contributed by atoms with Crippen LogP contribution in [-0.2, 0) is 5.60 Å². The van der Waals surface area contributed by atoms with Crippen molar-refractivity contribution < 1.29 is 9.84 Å². The van der Waals surface area contributed by atoms with Crippen molar-refractivity contribution in [3.8, 4) is 5.75 Å². The van der Waals surface area contributed by atoms with Gasteiger partial charge in [-0.3, -0.25) is 0 Å². The van der Waals surface area contributed by atoms with Crippen LogP contribution in [-0.4, -0.2) is 11.2 Å². The van der Waals surface area contributed by atoms with E-state index in [1.54, 1.807) is 0 Å². The number of benzene rings is 1. The molecule has 17 heavy (non-hydrogen) atoms. The van der Waals surface area contributed by atoms with Crippen LogP contribution in [0.2, 0.25) is 0 Å². The van der Waals surface area contributed by atoms with Gasteiger partial charge in [0.15, 0.2) is 0 Å². The second kappa shape index (κ2) is 4.92. The third kappa shape index (κ3) is 2.89. The van der Waals surface area contributed by atoms with E-state index in [0.717, 1.165) is 30.6 Å². The number of allylic oxidation sites excluding steroid dienone is 1. The smallest absolute Gasteiger partial charge is 0.120 e. The summed E-state index contributed by atoms with van der Waals surface area (Å²) in [6, 6.07) is 7.77. The number of hydrogen-bond donors (Lipinski definition) is 1. The fourth-order valence-electron chi connectivity index (χ4n) is 2.20. The van der Waals surface area contributed by atoms with Crippen LogP contribution in [0.25, 0.3) is 0 Å². The Balaban J connectivity index is 2.26. The molecule has 0 fully saturated rings. The first-order chi connectivity index (χ1) is 8.10. The van der Waals surface area contributed by atoms with Crippen LogP contribution in [0.1, 0.15) is 38.7 Å². The maximum absolute atomic E-state index is 10.6. The van der Waals surface area contributed by atoms with E-state index in [4.69, 9.17) is 4.74 Å². The monoisotopic (exact) mass is 232 g/mol. The first kappa shape index (κ1) is 12.2. The molecule has 0 spiro atoms. The molecule has 0 aromatic heterocycles. The van der Waals surface area contributed by atoms with Crippen molar-refractivity contribution in [2.24, 2.45) is 0 Å². The lowest BCUT2D eigenvalue weighted by Gasteiger charge is -2.28. The molecule has 1 aromatic carbocycles. The summed E-state index contributed by atoms with van der Waals surface area (Å²) in [5.74, 6) is 0.824. The lowest BCUT2D eigenvalue weighted by Crippen LogP contribution is -2.24. The second-order valence-corrected chi connectivity index (χ2v) is 4.91. The van der Waals surface area contributed by atoms with Gasteiger partial charge in [-0.05, 0) is 50.8 Å². The first-order valence-corrected chi connectivity index (χ1v) is 6.27. The molecule has 0 saturated heterocycles. The summed E-state index contributed by atoms with van der Waals surface area (Å²) in [6.45, 7) is 4.00. The highest BCUT2D eigenvalue weighted by molar-refractivity contribution is 5.35. The molecule has 1 aliphatic carbocycles. The average molecular weight is 232 g/mol. The van der Waals surface area contributed by atoms with Gasteiger partial charge in [-0.2, -0.15) is 0 Å². The minimum atomic E-state index is -0.811. The Morgan fingerprint density at radius 2 is 2.18 bits per heavy atom. The van der Waals surface area contributed by atoms with Gasteiger partial charge < -0.3 is 9.84 Å². The van der Waals surface area contributed by atoms with E-state index in [1.807, 2.05) is 44.2 Å². The fraction of sp³-hybridized carbons (Fsp3) is 0.467. The highest BCUT2D eigenvalue weighted by Gasteiger charge is 2.27. The van der Waals surface area contributed by atoms with Crippen molar-refractivity contribution in [3.63, 3.8) is 0 Å². The molecule has 1 aliphatic rings. The van der Waals surface area contributed by atoms with Gasteiger partial charge in [0.25, 0.3) is 0 Å². The van der Waals surface area contributed by atoms with Gasteiger partial charge in [0, 0.05) is 0 Å². The summed E-state index contributed by atoms with van der Waals surface area (Å²) in [5, 5.41) is 10.6. The Morgan fingerprint density at radius 1 is 1.35 bits per heavy atom. The standard InChI is InChI=1S/C15H20O2/c1-12(2)17-14-8-6-7-13(11-14)15(16)9-4-3-5-10-15/h4,6-9,11-12,16H,3,5,10H2,1-2H3. The molecule has 0 heterocycles. The molecule has 1 N–H and O–H groups in total. The highest BCUT2D eigenvalue weighted by Crippen LogP contribution is 2.33. The molecule has 2 rings (SSSR count). The van der Waals surface area contributed by atoms with Crippen molar-refractivity contribution in [1.29, 1.82) is 0 Å². The predicted octanol–water partition coefficient (Wildman–Crippen LogP) is 3.40. The van der Waals surface area contributed by atoms with Crippen molar-refractivity contribution >= 4 is 0 Å². The van der Waals surface area contributed by atoms with Crippen LogP contribution in [0.4, 0.5) is 0 Å². The van der Waals surface area contributed by atoms with Crippen LogP contribution >= 0.6 is 0 Å². The van der Waals surface area contributed by atoms with Crippen LogP contribution in [0.3, 0.4) is 0 Å². The Hall–Kier alpha value is -1.28. The summed E-state index contributed by atoms with van der Waals surface area (Å²) < 4.78 is 5.66. The molecule has 2 nitrogen and oxygen atoms in total. The second-order valence-electron chi connectivity index (χ2n) is 4.91. The normalized spacial score (nSPS) is 24.0. The van der Waals surface area contributed by atoms with E-state index in [-0.39, 0.29) is 6.10 Å². The number of rotatable bonds is 3. The lowest BCUT2D eigenvalue weighted by atomic mass is 9.85. The van der Waals surface area contributed by atoms with Gasteiger partial charge in [0.2, 0.25) is 0 Å². The van der Waals surface area contributed by atoms with Crippen LogP contribution < -0.4 is 4.74 Å². The van der Waals surface area contributed by atoms with E-state index in [0.29, 0.717) is 0 Å². The van der Waals surface area contributed by atoms with Crippen LogP contribution in [0, 0.1) is 0 Å². The summed E-state index contributed by atoms with van der Waals surface area (Å²) >= 11 is 0. The zero-order valence-corrected chi connectivity index (χ0v) is 10.5. The fourth-order valence-corrected chi connectivity index (χ4v) is 2.20. The van der Waals surface area contributed by atoms with E-state index in [1.165, 1.54) is 0 Å². The minimum absolute atomic E-state index is 0.154. The lowest BCUT2D eigenvalue weighted by molar-refractivity contribution is 0.0721. The zero-order chi connectivity index (χ0) is 12.3. The summed E-state index contributed by atoms with van der Waals surface area (Å²) in [6.07, 6.45) is 6.99. The summed E-state index contributed by atoms with van der Waals surface area (Å²) in [5.41, 5.74) is 0.112. The highest BCUT2D eigenvalue weighted by atomic mass is 16.5. The van der Waals surface area contributed by atoms with E-state index < -0.39 is 5.60 Å². The van der Waals surface area contributed by atoms with Gasteiger partial charge in [-0.1, -0.05) is 24.3 Å². The SMILES string of the molecule is CC(C)Oc1cccc(C2(O)C=CCCC2)c1. The number of ether oxygens (including phenoxy) is 1. The number of hydrogen-bond acceptors (Lipinski definition) is 2. The van der Waals surface area contributed by atoms with Gasteiger partial charge in [-0.25, -0.2) is 0 Å². The molecule has 2 heteroatoms. The summed E-state index contributed by atoms with van der Waals surface area (Å²) in [4.78, 5) is 0. The maximum atomic E-state index is 10.6. The molecule has 1 aromatic rings. The quantitative estimate of drug-likeness (QED) is 0.809. The molecule has 0 saturated carbocycles. The summed E-state index contributed by atoms with van der Waals surface area (Å²) in [7, 11) is 0. The van der Waals surface area contributed by atoms with Crippen LogP contribution in [0.15, 0.2) is 36.4 Å². The van der Waals surface area contributed by atoms with E-state index in [9.17, 15) is 5.11 Å². The van der Waals surface area contributed by atoms with Crippen LogP contribution in [0.5, 0.6) is 5.75 Å². The van der Waals surface area contributed by atoms with Gasteiger partial charge in [-0.15, -0.1) is 0 Å². The molecule has 1 atom stereocenters. The van der Waals surface area contributed by atoms with Gasteiger partial charge in [0.05, 0.1) is 6.10 Å². The molecule has 92 valence electrons. The Labute approximate surface area is 103 Å². The Bertz CT molecular complexity index is 409. The average Bonchev–Trinajstić information content (AvgIpc) is 2.29. The third-order valence-corrected chi connectivity index (χ3v) is 3.03. The minimum Gasteiger partial charge on any atom is -0.491 e. The molecular formula is C15H20O2. The van der Waals surface area contributed by atoms with Crippen molar-refractivity contribution in [2.75, 3.05) is 0 Å². The Morgan fingerprint density at radius 3 is 2.82 bits per heavy atom. The molecule has 0 bridgehead atoms. The molecular weight excluding hydrogens is 212 g/mol. The molecule has 0 aliphatic heterocycles. The molecule has 1 unspecified atom stereocenters. The third-order valence-electron chi connectivity index (χ3n) is 3.03. The largest absolute Gasteiger partial charge is 0.491 e. The van der Waals surface area contributed by atoms with Crippen molar-refractivity contribution in [3.05, 3.63) is 42.0 Å². The van der Waals surface area contributed by atoms with Gasteiger partial charge >= 0.3 is 0 Å². The molecule has 0 radical (unpaired) electrons. The van der Waals surface area contributed by atoms with Crippen molar-refractivity contribution in [2.45, 2.75) is 44.8 Å². The van der Waals surface area contributed by atoms with E-state index >= 15 is 0 Å². The predicted molar refractivity (Wildman–Crippen MR) is 69.1 cm³/mol. The number of aliphatic hydroxyl groups is 1. The van der Waals surface area contributed by atoms with E-state index in [2.05, 4.69) is 6.08 Å². The molecule has 0 amide bonds. The van der Waals surface area contributed by atoms with Gasteiger partial charge in [0.1, 0.15) is 11.4 Å². The maximum Gasteiger partial charge on any atom is 0.120 e. The zero-order valence-electron chi connectivity index (χ0n) is 10.5. The first-order valence-electron chi connectivity index (χ1n) is 6.27. The topological polar surface area (TPSA) is 29.5 Å².